The Hall–Kier alpha value is -1.32. The normalized spacial score (nSPS) is 36.0. The van der Waals surface area contributed by atoms with E-state index in [1.807, 2.05) is 0 Å². The maximum atomic E-state index is 12.8. The molecule has 4 bridgehead atoms. The van der Waals surface area contributed by atoms with Crippen molar-refractivity contribution in [3.05, 3.63) is 11.6 Å². The van der Waals surface area contributed by atoms with Crippen molar-refractivity contribution >= 4 is 11.8 Å². The Labute approximate surface area is 151 Å². The summed E-state index contributed by atoms with van der Waals surface area (Å²) in [5.41, 5.74) is 1.33. The van der Waals surface area contributed by atoms with Crippen molar-refractivity contribution in [3.63, 3.8) is 0 Å². The van der Waals surface area contributed by atoms with Gasteiger partial charge in [-0.05, 0) is 88.4 Å². The van der Waals surface area contributed by atoms with Crippen molar-refractivity contribution in [3.8, 4) is 0 Å². The third-order valence-corrected chi connectivity index (χ3v) is 7.08. The van der Waals surface area contributed by atoms with E-state index in [2.05, 4.69) is 16.7 Å². The molecule has 2 N–H and O–H groups in total. The van der Waals surface area contributed by atoms with E-state index in [0.717, 1.165) is 43.4 Å². The van der Waals surface area contributed by atoms with E-state index >= 15 is 0 Å². The van der Waals surface area contributed by atoms with Crippen LogP contribution in [0.2, 0.25) is 0 Å². The first-order chi connectivity index (χ1) is 12.1. The number of amides is 2. The SMILES string of the molecule is O=C(CNC(=O)C12CC3CC(CC(C3)C1)C2)NCCC1=CCCCC1. The van der Waals surface area contributed by atoms with Crippen LogP contribution in [0.25, 0.3) is 0 Å². The van der Waals surface area contributed by atoms with Gasteiger partial charge < -0.3 is 10.6 Å². The summed E-state index contributed by atoms with van der Waals surface area (Å²) in [7, 11) is 0. The average molecular weight is 344 g/mol. The van der Waals surface area contributed by atoms with Crippen molar-refractivity contribution in [2.45, 2.75) is 70.6 Å². The van der Waals surface area contributed by atoms with Gasteiger partial charge in [-0.3, -0.25) is 9.59 Å². The monoisotopic (exact) mass is 344 g/mol. The highest BCUT2D eigenvalue weighted by molar-refractivity contribution is 5.88. The molecule has 4 saturated carbocycles. The van der Waals surface area contributed by atoms with Gasteiger partial charge in [0.25, 0.3) is 0 Å². The Bertz CT molecular complexity index is 531. The van der Waals surface area contributed by atoms with Crippen molar-refractivity contribution in [2.75, 3.05) is 13.1 Å². The molecule has 5 aliphatic carbocycles. The minimum absolute atomic E-state index is 0.0468. The minimum Gasteiger partial charge on any atom is -0.354 e. The Morgan fingerprint density at radius 1 is 1.00 bits per heavy atom. The third kappa shape index (κ3) is 3.78. The van der Waals surface area contributed by atoms with Crippen LogP contribution in [0.5, 0.6) is 0 Å². The molecule has 0 radical (unpaired) electrons. The number of carbonyl (C=O) groups is 2. The van der Waals surface area contributed by atoms with Crippen LogP contribution in [0, 0.1) is 23.2 Å². The van der Waals surface area contributed by atoms with E-state index in [9.17, 15) is 9.59 Å². The fourth-order valence-corrected chi connectivity index (χ4v) is 6.29. The molecule has 0 spiro atoms. The number of hydrogen-bond donors (Lipinski definition) is 2. The molecule has 0 aromatic carbocycles. The molecule has 0 unspecified atom stereocenters. The van der Waals surface area contributed by atoms with Crippen molar-refractivity contribution in [1.82, 2.24) is 10.6 Å². The molecule has 4 heteroatoms. The molecule has 138 valence electrons. The molecule has 0 heterocycles. The highest BCUT2D eigenvalue weighted by Gasteiger charge is 2.54. The van der Waals surface area contributed by atoms with Gasteiger partial charge in [-0.2, -0.15) is 0 Å². The molecule has 4 nitrogen and oxygen atoms in total. The van der Waals surface area contributed by atoms with Gasteiger partial charge in [0.2, 0.25) is 11.8 Å². The van der Waals surface area contributed by atoms with Crippen molar-refractivity contribution < 1.29 is 9.59 Å². The van der Waals surface area contributed by atoms with Crippen LogP contribution in [-0.4, -0.2) is 24.9 Å². The van der Waals surface area contributed by atoms with Gasteiger partial charge in [-0.25, -0.2) is 0 Å². The summed E-state index contributed by atoms with van der Waals surface area (Å²) in [4.78, 5) is 24.9. The van der Waals surface area contributed by atoms with Gasteiger partial charge in [0.05, 0.1) is 6.54 Å². The topological polar surface area (TPSA) is 58.2 Å². The predicted octanol–water partition coefficient (Wildman–Crippen LogP) is 3.33. The second kappa shape index (κ2) is 7.13. The third-order valence-electron chi connectivity index (χ3n) is 7.08. The maximum Gasteiger partial charge on any atom is 0.239 e. The number of allylic oxidation sites excluding steroid dienone is 1. The van der Waals surface area contributed by atoms with E-state index in [1.54, 1.807) is 0 Å². The lowest BCUT2D eigenvalue weighted by atomic mass is 9.49. The number of hydrogen-bond acceptors (Lipinski definition) is 2. The molecule has 2 amide bonds. The molecule has 0 aromatic heterocycles. The highest BCUT2D eigenvalue weighted by atomic mass is 16.2. The molecule has 5 rings (SSSR count). The lowest BCUT2D eigenvalue weighted by molar-refractivity contribution is -0.147. The van der Waals surface area contributed by atoms with Crippen molar-refractivity contribution in [2.24, 2.45) is 23.2 Å². The van der Waals surface area contributed by atoms with Crippen LogP contribution in [-0.2, 0) is 9.59 Å². The van der Waals surface area contributed by atoms with Gasteiger partial charge in [-0.15, -0.1) is 0 Å². The number of nitrogens with one attached hydrogen (secondary N) is 2. The van der Waals surface area contributed by atoms with Crippen LogP contribution < -0.4 is 10.6 Å². The second-order valence-electron chi connectivity index (χ2n) is 9.09. The van der Waals surface area contributed by atoms with E-state index < -0.39 is 0 Å². The minimum atomic E-state index is -0.151. The quantitative estimate of drug-likeness (QED) is 0.726. The summed E-state index contributed by atoms with van der Waals surface area (Å²) in [6, 6.07) is 0. The Morgan fingerprint density at radius 2 is 1.68 bits per heavy atom. The average Bonchev–Trinajstić information content (AvgIpc) is 2.59. The molecule has 25 heavy (non-hydrogen) atoms. The molecule has 4 fully saturated rings. The summed E-state index contributed by atoms with van der Waals surface area (Å²) >= 11 is 0. The first kappa shape index (κ1) is 17.1. The highest BCUT2D eigenvalue weighted by Crippen LogP contribution is 2.60. The van der Waals surface area contributed by atoms with Gasteiger partial charge in [0, 0.05) is 12.0 Å². The van der Waals surface area contributed by atoms with Crippen LogP contribution in [0.1, 0.15) is 70.6 Å². The van der Waals surface area contributed by atoms with Crippen LogP contribution in [0.15, 0.2) is 11.6 Å². The van der Waals surface area contributed by atoms with Crippen LogP contribution >= 0.6 is 0 Å². The molecule has 0 aliphatic heterocycles. The smallest absolute Gasteiger partial charge is 0.239 e. The van der Waals surface area contributed by atoms with Crippen molar-refractivity contribution in [1.29, 1.82) is 0 Å². The zero-order chi connectivity index (χ0) is 17.3. The number of carbonyl (C=O) groups excluding carboxylic acids is 2. The summed E-state index contributed by atoms with van der Waals surface area (Å²) < 4.78 is 0. The molecular formula is C21H32N2O2. The van der Waals surface area contributed by atoms with E-state index in [-0.39, 0.29) is 23.8 Å². The lowest BCUT2D eigenvalue weighted by Crippen LogP contribution is -2.54. The number of rotatable bonds is 6. The fourth-order valence-electron chi connectivity index (χ4n) is 6.29. The molecule has 0 atom stereocenters. The lowest BCUT2D eigenvalue weighted by Gasteiger charge is -2.55. The largest absolute Gasteiger partial charge is 0.354 e. The predicted molar refractivity (Wildman–Crippen MR) is 97.8 cm³/mol. The Kier molecular flexibility index (Phi) is 4.88. The molecule has 0 saturated heterocycles. The van der Waals surface area contributed by atoms with E-state index in [0.29, 0.717) is 6.54 Å². The van der Waals surface area contributed by atoms with Gasteiger partial charge >= 0.3 is 0 Å². The zero-order valence-corrected chi connectivity index (χ0v) is 15.3. The summed E-state index contributed by atoms with van der Waals surface area (Å²) in [5.74, 6) is 2.38. The first-order valence-electron chi connectivity index (χ1n) is 10.4. The standard InChI is InChI=1S/C21H32N2O2/c24-19(22-7-6-15-4-2-1-3-5-15)14-23-20(25)21-11-16-8-17(12-21)10-18(9-16)13-21/h4,16-18H,1-3,5-14H2,(H,22,24)(H,23,25). The van der Waals surface area contributed by atoms with E-state index in [4.69, 9.17) is 0 Å². The second-order valence-corrected chi connectivity index (χ2v) is 9.09. The maximum absolute atomic E-state index is 12.8. The van der Waals surface area contributed by atoms with Gasteiger partial charge in [0.1, 0.15) is 0 Å². The van der Waals surface area contributed by atoms with Crippen LogP contribution in [0.4, 0.5) is 0 Å². The zero-order valence-electron chi connectivity index (χ0n) is 15.3. The van der Waals surface area contributed by atoms with Gasteiger partial charge in [0.15, 0.2) is 0 Å². The Balaban J connectivity index is 1.21. The summed E-state index contributed by atoms with van der Waals surface area (Å²) in [6.07, 6.45) is 15.4. The summed E-state index contributed by atoms with van der Waals surface area (Å²) in [5, 5.41) is 5.93. The summed E-state index contributed by atoms with van der Waals surface area (Å²) in [6.45, 7) is 0.831. The molecule has 5 aliphatic rings. The Morgan fingerprint density at radius 3 is 2.28 bits per heavy atom. The first-order valence-corrected chi connectivity index (χ1v) is 10.4. The molecular weight excluding hydrogens is 312 g/mol. The van der Waals surface area contributed by atoms with Gasteiger partial charge in [-0.1, -0.05) is 11.6 Å². The molecule has 0 aromatic rings. The van der Waals surface area contributed by atoms with Crippen LogP contribution in [0.3, 0.4) is 0 Å². The van der Waals surface area contributed by atoms with E-state index in [1.165, 1.54) is 50.5 Å². The fraction of sp³-hybridized carbons (Fsp3) is 0.810.